The van der Waals surface area contributed by atoms with Gasteiger partial charge >= 0.3 is 0 Å². The van der Waals surface area contributed by atoms with E-state index in [0.717, 1.165) is 52.1 Å². The Labute approximate surface area is 270 Å². The van der Waals surface area contributed by atoms with Gasteiger partial charge in [-0.05, 0) is 49.2 Å². The van der Waals surface area contributed by atoms with Crippen LogP contribution in [0.1, 0.15) is 18.4 Å². The van der Waals surface area contributed by atoms with E-state index in [1.807, 2.05) is 88.4 Å². The lowest BCUT2D eigenvalue weighted by molar-refractivity contribution is 0.248. The molecule has 3 aromatic heterocycles. The lowest BCUT2D eigenvalue weighted by Gasteiger charge is -2.26. The minimum absolute atomic E-state index is 0.481. The Bertz CT molecular complexity index is 2030. The molecule has 0 unspecified atom stereocenters. The summed E-state index contributed by atoms with van der Waals surface area (Å²) in [6.45, 7) is 0.553. The summed E-state index contributed by atoms with van der Waals surface area (Å²) < 4.78 is 13.1. The van der Waals surface area contributed by atoms with Crippen molar-refractivity contribution >= 4 is 46.0 Å². The number of thiocarbonyl (C=S) groups is 1. The smallest absolute Gasteiger partial charge is 0.238 e. The molecule has 5 aromatic rings. The Hall–Kier alpha value is -5.25. The maximum absolute atomic E-state index is 6.40. The van der Waals surface area contributed by atoms with Crippen molar-refractivity contribution in [3.8, 4) is 22.5 Å². The van der Waals surface area contributed by atoms with Crippen molar-refractivity contribution in [3.63, 3.8) is 0 Å². The SMILES string of the molecule is S=C(Nc1cccc(-c2nn3ccccc3c2-c2ccnc(N(CC3=CC=CCC3)C3=COC=CO3)n2)c1)c1ccccc1Cl. The van der Waals surface area contributed by atoms with Crippen LogP contribution >= 0.6 is 23.8 Å². The third kappa shape index (κ3) is 6.08. The summed E-state index contributed by atoms with van der Waals surface area (Å²) in [5.41, 5.74) is 6.99. The first-order chi connectivity index (χ1) is 22.1. The molecule has 2 aromatic carbocycles. The van der Waals surface area contributed by atoms with Gasteiger partial charge in [-0.2, -0.15) is 5.10 Å². The number of nitrogens with one attached hydrogen (secondary N) is 1. The molecular formula is C35H27ClN6O2S. The molecule has 1 aliphatic carbocycles. The third-order valence-corrected chi connectivity index (χ3v) is 8.06. The molecule has 0 saturated heterocycles. The maximum Gasteiger partial charge on any atom is 0.238 e. The Morgan fingerprint density at radius 2 is 1.96 bits per heavy atom. The summed E-state index contributed by atoms with van der Waals surface area (Å²) in [5, 5.41) is 8.92. The molecule has 0 amide bonds. The molecule has 0 saturated carbocycles. The van der Waals surface area contributed by atoms with Crippen LogP contribution in [0, 0.1) is 0 Å². The van der Waals surface area contributed by atoms with Gasteiger partial charge in [0.15, 0.2) is 6.26 Å². The van der Waals surface area contributed by atoms with Crippen LogP contribution in [0.2, 0.25) is 5.02 Å². The number of nitrogens with zero attached hydrogens (tertiary/aromatic N) is 5. The minimum Gasteiger partial charge on any atom is -0.464 e. The van der Waals surface area contributed by atoms with E-state index in [0.29, 0.717) is 28.4 Å². The molecule has 7 rings (SSSR count). The van der Waals surface area contributed by atoms with E-state index >= 15 is 0 Å². The number of rotatable bonds is 8. The molecule has 0 spiro atoms. The predicted octanol–water partition coefficient (Wildman–Crippen LogP) is 8.30. The van der Waals surface area contributed by atoms with Crippen molar-refractivity contribution in [1.29, 1.82) is 0 Å². The van der Waals surface area contributed by atoms with Gasteiger partial charge in [-0.25, -0.2) is 14.5 Å². The fourth-order valence-corrected chi connectivity index (χ4v) is 5.86. The quantitative estimate of drug-likeness (QED) is 0.172. The van der Waals surface area contributed by atoms with Crippen molar-refractivity contribution in [1.82, 2.24) is 19.6 Å². The van der Waals surface area contributed by atoms with E-state index in [1.54, 1.807) is 12.5 Å². The van der Waals surface area contributed by atoms with Gasteiger partial charge in [-0.15, -0.1) is 0 Å². The summed E-state index contributed by atoms with van der Waals surface area (Å²) in [5.74, 6) is 0.980. The molecule has 0 atom stereocenters. The zero-order valence-electron chi connectivity index (χ0n) is 24.0. The standard InChI is InChI=1S/C35H27ClN6O2S/c36-28-14-5-4-13-27(28)34(45)38-26-12-8-11-25(21-26)33-32(30-15-6-7-18-42(30)40-33)29-16-17-37-35(39-29)41(31-23-43-19-20-44-31)22-24-9-2-1-3-10-24/h1-2,4-9,11-21,23H,3,10,22H2,(H,38,45). The topological polar surface area (TPSA) is 76.8 Å². The lowest BCUT2D eigenvalue weighted by Crippen LogP contribution is -2.29. The second kappa shape index (κ2) is 12.8. The van der Waals surface area contributed by atoms with Crippen LogP contribution in [0.5, 0.6) is 0 Å². The molecule has 45 heavy (non-hydrogen) atoms. The van der Waals surface area contributed by atoms with Gasteiger partial charge in [0.05, 0.1) is 28.3 Å². The van der Waals surface area contributed by atoms with Crippen LogP contribution in [0.15, 0.2) is 134 Å². The summed E-state index contributed by atoms with van der Waals surface area (Å²) >= 11 is 12.1. The van der Waals surface area contributed by atoms with E-state index in [-0.39, 0.29) is 0 Å². The summed E-state index contributed by atoms with van der Waals surface area (Å²) in [6, 6.07) is 23.4. The molecule has 8 nitrogen and oxygen atoms in total. The van der Waals surface area contributed by atoms with Crippen molar-refractivity contribution in [2.75, 3.05) is 16.8 Å². The molecular weight excluding hydrogens is 604 g/mol. The molecule has 0 bridgehead atoms. The van der Waals surface area contributed by atoms with Gasteiger partial charge in [0, 0.05) is 29.2 Å². The fraction of sp³-hybridized carbons (Fsp3) is 0.0857. The predicted molar refractivity (Wildman–Crippen MR) is 182 cm³/mol. The number of pyridine rings is 1. The molecule has 222 valence electrons. The van der Waals surface area contributed by atoms with Crippen LogP contribution in [-0.4, -0.2) is 31.1 Å². The van der Waals surface area contributed by atoms with Crippen LogP contribution in [0.25, 0.3) is 28.0 Å². The highest BCUT2D eigenvalue weighted by molar-refractivity contribution is 7.81. The van der Waals surface area contributed by atoms with Gasteiger partial charge in [0.25, 0.3) is 0 Å². The normalized spacial score (nSPS) is 13.9. The zero-order valence-corrected chi connectivity index (χ0v) is 25.6. The van der Waals surface area contributed by atoms with Gasteiger partial charge in [0.2, 0.25) is 11.8 Å². The molecule has 1 N–H and O–H groups in total. The van der Waals surface area contributed by atoms with Crippen LogP contribution in [-0.2, 0) is 9.47 Å². The van der Waals surface area contributed by atoms with Gasteiger partial charge in [-0.3, -0.25) is 4.90 Å². The van der Waals surface area contributed by atoms with Crippen LogP contribution in [0.4, 0.5) is 11.6 Å². The van der Waals surface area contributed by atoms with Crippen molar-refractivity contribution in [2.24, 2.45) is 0 Å². The summed E-state index contributed by atoms with van der Waals surface area (Å²) in [6.07, 6.45) is 16.5. The third-order valence-electron chi connectivity index (χ3n) is 7.41. The Morgan fingerprint density at radius 1 is 1.04 bits per heavy atom. The van der Waals surface area contributed by atoms with Crippen LogP contribution in [0.3, 0.4) is 0 Å². The molecule has 4 heterocycles. The highest BCUT2D eigenvalue weighted by Crippen LogP contribution is 2.36. The zero-order chi connectivity index (χ0) is 30.6. The van der Waals surface area contributed by atoms with Crippen LogP contribution < -0.4 is 10.2 Å². The summed E-state index contributed by atoms with van der Waals surface area (Å²) in [4.78, 5) is 12.2. The Balaban J connectivity index is 1.28. The fourth-order valence-electron chi connectivity index (χ4n) is 5.28. The first-order valence-corrected chi connectivity index (χ1v) is 15.2. The largest absolute Gasteiger partial charge is 0.464 e. The van der Waals surface area contributed by atoms with E-state index in [1.165, 1.54) is 18.1 Å². The number of allylic oxidation sites excluding steroid dienone is 3. The Kier molecular flexibility index (Phi) is 8.09. The van der Waals surface area contributed by atoms with E-state index in [9.17, 15) is 0 Å². The van der Waals surface area contributed by atoms with Gasteiger partial charge < -0.3 is 14.8 Å². The average Bonchev–Trinajstić information content (AvgIpc) is 3.48. The second-order valence-corrected chi connectivity index (χ2v) is 11.2. The molecule has 2 aliphatic rings. The first-order valence-electron chi connectivity index (χ1n) is 14.4. The average molecular weight is 631 g/mol. The maximum atomic E-state index is 6.40. The number of anilines is 2. The number of benzene rings is 2. The first kappa shape index (κ1) is 28.5. The number of fused-ring (bicyclic) bond motifs is 1. The van der Waals surface area contributed by atoms with Crippen molar-refractivity contribution in [3.05, 3.63) is 144 Å². The van der Waals surface area contributed by atoms with Gasteiger partial charge in [0.1, 0.15) is 23.2 Å². The van der Waals surface area contributed by atoms with Gasteiger partial charge in [-0.1, -0.05) is 84.0 Å². The minimum atomic E-state index is 0.481. The second-order valence-electron chi connectivity index (χ2n) is 10.4. The van der Waals surface area contributed by atoms with E-state index in [2.05, 4.69) is 28.5 Å². The number of ether oxygens (including phenoxy) is 2. The lowest BCUT2D eigenvalue weighted by atomic mass is 10.0. The van der Waals surface area contributed by atoms with E-state index in [4.69, 9.17) is 43.4 Å². The van der Waals surface area contributed by atoms with Crippen molar-refractivity contribution in [2.45, 2.75) is 12.8 Å². The highest BCUT2D eigenvalue weighted by Gasteiger charge is 2.23. The molecule has 1 aliphatic heterocycles. The number of halogens is 1. The number of hydrogen-bond acceptors (Lipinski definition) is 7. The van der Waals surface area contributed by atoms with Crippen molar-refractivity contribution < 1.29 is 9.47 Å². The molecule has 10 heteroatoms. The molecule has 0 fully saturated rings. The monoisotopic (exact) mass is 630 g/mol. The molecule has 0 radical (unpaired) electrons. The number of hydrogen-bond donors (Lipinski definition) is 1. The summed E-state index contributed by atoms with van der Waals surface area (Å²) in [7, 11) is 0. The number of aromatic nitrogens is 4. The highest BCUT2D eigenvalue weighted by atomic mass is 35.5. The van der Waals surface area contributed by atoms with E-state index < -0.39 is 0 Å². The Morgan fingerprint density at radius 3 is 2.80 bits per heavy atom.